The van der Waals surface area contributed by atoms with Gasteiger partial charge in [0.15, 0.2) is 0 Å². The Kier molecular flexibility index (Phi) is 3.89. The SMILES string of the molecule is CC=C(Br)C(=O)Nc1ccc(C)cc1. The third kappa shape index (κ3) is 3.00. The molecule has 0 unspecified atom stereocenters. The molecule has 3 heteroatoms. The number of rotatable bonds is 2. The zero-order chi connectivity index (χ0) is 10.6. The Balaban J connectivity index is 2.70. The number of nitrogens with one attached hydrogen (secondary N) is 1. The molecule has 1 N–H and O–H groups in total. The van der Waals surface area contributed by atoms with Crippen LogP contribution in [0.3, 0.4) is 0 Å². The number of hydrogen-bond acceptors (Lipinski definition) is 1. The summed E-state index contributed by atoms with van der Waals surface area (Å²) in [7, 11) is 0. The molecule has 0 saturated carbocycles. The van der Waals surface area contributed by atoms with Crippen LogP contribution in [0.2, 0.25) is 0 Å². The molecule has 0 spiro atoms. The summed E-state index contributed by atoms with van der Waals surface area (Å²) in [5.41, 5.74) is 1.98. The van der Waals surface area contributed by atoms with Crippen molar-refractivity contribution in [2.45, 2.75) is 13.8 Å². The van der Waals surface area contributed by atoms with Gasteiger partial charge in [0.25, 0.3) is 5.91 Å². The predicted octanol–water partition coefficient (Wildman–Crippen LogP) is 3.23. The second-order valence-corrected chi connectivity index (χ2v) is 3.81. The first kappa shape index (κ1) is 11.0. The molecule has 0 heterocycles. The molecule has 1 amide bonds. The van der Waals surface area contributed by atoms with Crippen LogP contribution in [0.5, 0.6) is 0 Å². The van der Waals surface area contributed by atoms with Gasteiger partial charge in [0, 0.05) is 5.69 Å². The van der Waals surface area contributed by atoms with E-state index in [1.165, 1.54) is 5.56 Å². The van der Waals surface area contributed by atoms with Crippen LogP contribution < -0.4 is 5.32 Å². The highest BCUT2D eigenvalue weighted by atomic mass is 79.9. The fourth-order valence-corrected chi connectivity index (χ4v) is 1.06. The standard InChI is InChI=1S/C11H12BrNO/c1-3-10(12)11(14)13-9-6-4-8(2)5-7-9/h3-7H,1-2H3,(H,13,14). The molecular weight excluding hydrogens is 242 g/mol. The highest BCUT2D eigenvalue weighted by Gasteiger charge is 2.04. The zero-order valence-corrected chi connectivity index (χ0v) is 9.76. The van der Waals surface area contributed by atoms with E-state index < -0.39 is 0 Å². The Labute approximate surface area is 92.1 Å². The fourth-order valence-electron chi connectivity index (χ4n) is 0.959. The summed E-state index contributed by atoms with van der Waals surface area (Å²) in [6.07, 6.45) is 1.71. The molecule has 0 radical (unpaired) electrons. The lowest BCUT2D eigenvalue weighted by molar-refractivity contribution is -0.112. The van der Waals surface area contributed by atoms with Crippen LogP contribution in [0.1, 0.15) is 12.5 Å². The number of amides is 1. The lowest BCUT2D eigenvalue weighted by Crippen LogP contribution is -2.10. The molecule has 1 aromatic carbocycles. The van der Waals surface area contributed by atoms with Crippen molar-refractivity contribution in [2.75, 3.05) is 5.32 Å². The molecule has 0 saturated heterocycles. The fraction of sp³-hybridized carbons (Fsp3) is 0.182. The van der Waals surface area contributed by atoms with Crippen LogP contribution in [-0.4, -0.2) is 5.91 Å². The maximum atomic E-state index is 11.4. The van der Waals surface area contributed by atoms with Crippen molar-refractivity contribution in [2.24, 2.45) is 0 Å². The minimum Gasteiger partial charge on any atom is -0.322 e. The zero-order valence-electron chi connectivity index (χ0n) is 8.17. The highest BCUT2D eigenvalue weighted by molar-refractivity contribution is 9.12. The van der Waals surface area contributed by atoms with E-state index in [-0.39, 0.29) is 5.91 Å². The van der Waals surface area contributed by atoms with Gasteiger partial charge >= 0.3 is 0 Å². The van der Waals surface area contributed by atoms with Gasteiger partial charge in [-0.15, -0.1) is 0 Å². The van der Waals surface area contributed by atoms with E-state index in [1.807, 2.05) is 31.2 Å². The first-order valence-corrected chi connectivity index (χ1v) is 5.12. The normalized spacial score (nSPS) is 11.2. The Morgan fingerprint density at radius 2 is 1.93 bits per heavy atom. The molecule has 0 bridgehead atoms. The third-order valence-corrected chi connectivity index (χ3v) is 2.60. The molecular formula is C11H12BrNO. The quantitative estimate of drug-likeness (QED) is 0.806. The molecule has 14 heavy (non-hydrogen) atoms. The predicted molar refractivity (Wildman–Crippen MR) is 62.5 cm³/mol. The summed E-state index contributed by atoms with van der Waals surface area (Å²) >= 11 is 3.16. The maximum Gasteiger partial charge on any atom is 0.262 e. The molecule has 0 atom stereocenters. The Morgan fingerprint density at radius 3 is 2.43 bits per heavy atom. The molecule has 0 aromatic heterocycles. The first-order chi connectivity index (χ1) is 6.63. The van der Waals surface area contributed by atoms with Gasteiger partial charge in [-0.3, -0.25) is 4.79 Å². The molecule has 0 fully saturated rings. The minimum atomic E-state index is -0.128. The van der Waals surface area contributed by atoms with Gasteiger partial charge in [0.05, 0.1) is 4.48 Å². The summed E-state index contributed by atoms with van der Waals surface area (Å²) < 4.78 is 0.540. The number of carbonyl (C=O) groups is 1. The average molecular weight is 254 g/mol. The molecule has 2 nitrogen and oxygen atoms in total. The largest absolute Gasteiger partial charge is 0.322 e. The maximum absolute atomic E-state index is 11.4. The van der Waals surface area contributed by atoms with Crippen LogP contribution >= 0.6 is 15.9 Å². The second kappa shape index (κ2) is 4.96. The molecule has 1 rings (SSSR count). The summed E-state index contributed by atoms with van der Waals surface area (Å²) in [5, 5.41) is 2.77. The van der Waals surface area contributed by atoms with Crippen LogP contribution in [0.15, 0.2) is 34.8 Å². The van der Waals surface area contributed by atoms with Crippen LogP contribution in [0.4, 0.5) is 5.69 Å². The lowest BCUT2D eigenvalue weighted by atomic mass is 10.2. The molecule has 74 valence electrons. The van der Waals surface area contributed by atoms with Crippen LogP contribution in [0.25, 0.3) is 0 Å². The monoisotopic (exact) mass is 253 g/mol. The van der Waals surface area contributed by atoms with Gasteiger partial charge in [-0.25, -0.2) is 0 Å². The van der Waals surface area contributed by atoms with Gasteiger partial charge in [0.1, 0.15) is 0 Å². The lowest BCUT2D eigenvalue weighted by Gasteiger charge is -2.03. The van der Waals surface area contributed by atoms with Crippen molar-refractivity contribution in [1.29, 1.82) is 0 Å². The van der Waals surface area contributed by atoms with Crippen molar-refractivity contribution >= 4 is 27.5 Å². The van der Waals surface area contributed by atoms with Gasteiger partial charge in [-0.1, -0.05) is 23.8 Å². The van der Waals surface area contributed by atoms with Crippen molar-refractivity contribution in [1.82, 2.24) is 0 Å². The third-order valence-electron chi connectivity index (χ3n) is 1.78. The first-order valence-electron chi connectivity index (χ1n) is 4.33. The number of aryl methyl sites for hydroxylation is 1. The van der Waals surface area contributed by atoms with E-state index in [4.69, 9.17) is 0 Å². The summed E-state index contributed by atoms with van der Waals surface area (Å²) in [6, 6.07) is 7.67. The van der Waals surface area contributed by atoms with Crippen LogP contribution in [0, 0.1) is 6.92 Å². The number of carbonyl (C=O) groups excluding carboxylic acids is 1. The topological polar surface area (TPSA) is 29.1 Å². The van der Waals surface area contributed by atoms with E-state index in [1.54, 1.807) is 13.0 Å². The van der Waals surface area contributed by atoms with E-state index in [0.717, 1.165) is 5.69 Å². The smallest absolute Gasteiger partial charge is 0.262 e. The van der Waals surface area contributed by atoms with E-state index in [9.17, 15) is 4.79 Å². The van der Waals surface area contributed by atoms with E-state index in [0.29, 0.717) is 4.48 Å². The van der Waals surface area contributed by atoms with Crippen molar-refractivity contribution < 1.29 is 4.79 Å². The second-order valence-electron chi connectivity index (χ2n) is 2.96. The van der Waals surface area contributed by atoms with Crippen LogP contribution in [-0.2, 0) is 4.79 Å². The number of anilines is 1. The number of hydrogen-bond donors (Lipinski definition) is 1. The molecule has 0 aliphatic heterocycles. The Hall–Kier alpha value is -1.09. The van der Waals surface area contributed by atoms with Gasteiger partial charge < -0.3 is 5.32 Å². The van der Waals surface area contributed by atoms with Crippen molar-refractivity contribution in [3.05, 3.63) is 40.4 Å². The molecule has 0 aliphatic rings. The Morgan fingerprint density at radius 1 is 1.36 bits per heavy atom. The van der Waals surface area contributed by atoms with E-state index >= 15 is 0 Å². The number of allylic oxidation sites excluding steroid dienone is 1. The molecule has 1 aromatic rings. The highest BCUT2D eigenvalue weighted by Crippen LogP contribution is 2.12. The molecule has 0 aliphatic carbocycles. The van der Waals surface area contributed by atoms with Gasteiger partial charge in [-0.05, 0) is 41.9 Å². The van der Waals surface area contributed by atoms with E-state index in [2.05, 4.69) is 21.2 Å². The van der Waals surface area contributed by atoms with Gasteiger partial charge in [-0.2, -0.15) is 0 Å². The Bertz CT molecular complexity index is 354. The average Bonchev–Trinajstić information content (AvgIpc) is 2.20. The van der Waals surface area contributed by atoms with Crippen molar-refractivity contribution in [3.8, 4) is 0 Å². The number of benzene rings is 1. The summed E-state index contributed by atoms with van der Waals surface area (Å²) in [6.45, 7) is 3.81. The minimum absolute atomic E-state index is 0.128. The van der Waals surface area contributed by atoms with Gasteiger partial charge in [0.2, 0.25) is 0 Å². The summed E-state index contributed by atoms with van der Waals surface area (Å²) in [5.74, 6) is -0.128. The number of halogens is 1. The van der Waals surface area contributed by atoms with Crippen molar-refractivity contribution in [3.63, 3.8) is 0 Å². The summed E-state index contributed by atoms with van der Waals surface area (Å²) in [4.78, 5) is 11.4.